The lowest BCUT2D eigenvalue weighted by Crippen LogP contribution is -2.41. The molecule has 2 fully saturated rings. The van der Waals surface area contributed by atoms with Crippen molar-refractivity contribution in [2.75, 3.05) is 49.6 Å². The molecule has 0 radical (unpaired) electrons. The molecule has 2 saturated heterocycles. The highest BCUT2D eigenvalue weighted by molar-refractivity contribution is 7.89. The minimum absolute atomic E-state index is 0.146. The third-order valence-corrected chi connectivity index (χ3v) is 8.53. The van der Waals surface area contributed by atoms with Crippen LogP contribution in [-0.4, -0.2) is 58.0 Å². The Kier molecular flexibility index (Phi) is 6.35. The van der Waals surface area contributed by atoms with E-state index in [1.54, 1.807) is 18.2 Å². The summed E-state index contributed by atoms with van der Waals surface area (Å²) in [6, 6.07) is 9.39. The molecule has 3 aliphatic heterocycles. The van der Waals surface area contributed by atoms with E-state index in [9.17, 15) is 17.6 Å². The molecule has 10 heteroatoms. The van der Waals surface area contributed by atoms with Crippen LogP contribution >= 0.6 is 0 Å². The molecular weight excluding hydrogens is 461 g/mol. The van der Waals surface area contributed by atoms with Crippen LogP contribution in [0.25, 0.3) is 0 Å². The van der Waals surface area contributed by atoms with Gasteiger partial charge in [0.2, 0.25) is 15.9 Å². The Hall–Kier alpha value is -2.85. The monoisotopic (exact) mass is 489 g/mol. The highest BCUT2D eigenvalue weighted by Gasteiger charge is 2.33. The van der Waals surface area contributed by atoms with E-state index in [2.05, 4.69) is 5.32 Å². The van der Waals surface area contributed by atoms with Crippen LogP contribution in [0.15, 0.2) is 41.3 Å². The number of fused-ring (bicyclic) bond motifs is 1. The zero-order valence-corrected chi connectivity index (χ0v) is 19.7. The van der Waals surface area contributed by atoms with Crippen molar-refractivity contribution in [3.63, 3.8) is 0 Å². The lowest BCUT2D eigenvalue weighted by atomic mass is 9.97. The van der Waals surface area contributed by atoms with Gasteiger partial charge in [0.05, 0.1) is 10.6 Å². The van der Waals surface area contributed by atoms with Crippen LogP contribution in [0.1, 0.15) is 25.7 Å². The van der Waals surface area contributed by atoms with Gasteiger partial charge in [-0.3, -0.25) is 4.79 Å². The number of piperidine rings is 1. The fraction of sp³-hybridized carbons (Fsp3) is 0.458. The molecule has 0 unspecified atom stereocenters. The maximum absolute atomic E-state index is 14.6. The Morgan fingerprint density at radius 3 is 2.35 bits per heavy atom. The quantitative estimate of drug-likeness (QED) is 0.694. The second-order valence-corrected chi connectivity index (χ2v) is 10.8. The fourth-order valence-electron chi connectivity index (χ4n) is 4.74. The number of sulfonamides is 1. The molecular formula is C24H28FN3O5S. The van der Waals surface area contributed by atoms with E-state index in [1.165, 1.54) is 22.5 Å². The van der Waals surface area contributed by atoms with E-state index in [-0.39, 0.29) is 35.6 Å². The van der Waals surface area contributed by atoms with Gasteiger partial charge in [0.1, 0.15) is 19.0 Å². The molecule has 3 heterocycles. The third-order valence-electron chi connectivity index (χ3n) is 6.64. The van der Waals surface area contributed by atoms with Crippen molar-refractivity contribution in [2.45, 2.75) is 30.6 Å². The minimum atomic E-state index is -3.71. The van der Waals surface area contributed by atoms with Crippen LogP contribution in [0, 0.1) is 11.7 Å². The number of benzene rings is 2. The molecule has 0 aliphatic carbocycles. The van der Waals surface area contributed by atoms with Gasteiger partial charge < -0.3 is 19.7 Å². The van der Waals surface area contributed by atoms with Crippen molar-refractivity contribution in [1.82, 2.24) is 4.31 Å². The summed E-state index contributed by atoms with van der Waals surface area (Å²) in [4.78, 5) is 14.9. The average Bonchev–Trinajstić information content (AvgIpc) is 3.38. The topological polar surface area (TPSA) is 88.2 Å². The average molecular weight is 490 g/mol. The minimum Gasteiger partial charge on any atom is -0.486 e. The molecule has 182 valence electrons. The smallest absolute Gasteiger partial charge is 0.243 e. The van der Waals surface area contributed by atoms with Gasteiger partial charge >= 0.3 is 0 Å². The summed E-state index contributed by atoms with van der Waals surface area (Å²) in [5, 5.41) is 2.79. The van der Waals surface area contributed by atoms with Crippen LogP contribution in [-0.2, 0) is 14.8 Å². The van der Waals surface area contributed by atoms with E-state index >= 15 is 0 Å². The number of nitrogens with zero attached hydrogens (tertiary/aromatic N) is 2. The number of halogens is 1. The summed E-state index contributed by atoms with van der Waals surface area (Å²) in [6.45, 7) is 2.97. The molecule has 1 N–H and O–H groups in total. The Bertz CT molecular complexity index is 1180. The summed E-state index contributed by atoms with van der Waals surface area (Å²) < 4.78 is 53.1. The van der Waals surface area contributed by atoms with Gasteiger partial charge in [-0.1, -0.05) is 0 Å². The maximum Gasteiger partial charge on any atom is 0.243 e. The van der Waals surface area contributed by atoms with Gasteiger partial charge in [-0.15, -0.1) is 0 Å². The van der Waals surface area contributed by atoms with Gasteiger partial charge in [-0.05, 0) is 56.0 Å². The first-order valence-electron chi connectivity index (χ1n) is 11.7. The van der Waals surface area contributed by atoms with Crippen LogP contribution in [0.5, 0.6) is 11.5 Å². The second-order valence-electron chi connectivity index (χ2n) is 8.83. The van der Waals surface area contributed by atoms with E-state index in [0.29, 0.717) is 48.9 Å². The molecule has 0 saturated carbocycles. The third kappa shape index (κ3) is 4.56. The summed E-state index contributed by atoms with van der Waals surface area (Å²) in [6.07, 6.45) is 2.90. The molecule has 0 bridgehead atoms. The molecule has 0 atom stereocenters. The normalized spacial score (nSPS) is 19.3. The molecule has 2 aromatic carbocycles. The largest absolute Gasteiger partial charge is 0.486 e. The van der Waals surface area contributed by atoms with Gasteiger partial charge in [-0.2, -0.15) is 4.31 Å². The van der Waals surface area contributed by atoms with E-state index in [0.717, 1.165) is 25.9 Å². The summed E-state index contributed by atoms with van der Waals surface area (Å²) >= 11 is 0. The van der Waals surface area contributed by atoms with E-state index in [1.807, 2.05) is 4.90 Å². The molecule has 0 aromatic heterocycles. The van der Waals surface area contributed by atoms with Crippen molar-refractivity contribution < 1.29 is 27.1 Å². The Labute approximate surface area is 198 Å². The predicted octanol–water partition coefficient (Wildman–Crippen LogP) is 3.24. The number of hydrogen-bond donors (Lipinski definition) is 1. The number of rotatable bonds is 5. The Morgan fingerprint density at radius 2 is 1.65 bits per heavy atom. The number of amides is 1. The highest BCUT2D eigenvalue weighted by atomic mass is 32.2. The number of hydrogen-bond acceptors (Lipinski definition) is 6. The molecule has 5 rings (SSSR count). The molecule has 1 amide bonds. The van der Waals surface area contributed by atoms with Crippen molar-refractivity contribution in [1.29, 1.82) is 0 Å². The van der Waals surface area contributed by atoms with E-state index < -0.39 is 10.0 Å². The van der Waals surface area contributed by atoms with Crippen LogP contribution in [0.3, 0.4) is 0 Å². The first-order valence-corrected chi connectivity index (χ1v) is 13.1. The molecule has 8 nitrogen and oxygen atoms in total. The molecule has 3 aliphatic rings. The molecule has 0 spiro atoms. The number of carbonyl (C=O) groups is 1. The fourth-order valence-corrected chi connectivity index (χ4v) is 6.22. The van der Waals surface area contributed by atoms with Gasteiger partial charge in [0, 0.05) is 43.9 Å². The summed E-state index contributed by atoms with van der Waals surface area (Å²) in [7, 11) is -3.71. The standard InChI is InChI=1S/C24H28FN3O5S/c25-20-15-18(3-5-21(20)27-9-1-2-10-27)26-24(29)17-7-11-28(12-8-17)34(30,31)19-4-6-22-23(16-19)33-14-13-32-22/h3-6,15-17H,1-2,7-14H2,(H,26,29). The van der Waals surface area contributed by atoms with Crippen molar-refractivity contribution in [3.05, 3.63) is 42.2 Å². The van der Waals surface area contributed by atoms with E-state index in [4.69, 9.17) is 9.47 Å². The predicted molar refractivity (Wildman–Crippen MR) is 125 cm³/mol. The number of ether oxygens (including phenoxy) is 2. The number of anilines is 2. The van der Waals surface area contributed by atoms with Gasteiger partial charge in [0.15, 0.2) is 11.5 Å². The zero-order chi connectivity index (χ0) is 23.7. The lowest BCUT2D eigenvalue weighted by Gasteiger charge is -2.31. The van der Waals surface area contributed by atoms with Crippen molar-refractivity contribution >= 4 is 27.3 Å². The second kappa shape index (κ2) is 9.42. The van der Waals surface area contributed by atoms with Crippen molar-refractivity contribution in [3.8, 4) is 11.5 Å². The SMILES string of the molecule is O=C(Nc1ccc(N2CCCC2)c(F)c1)C1CCN(S(=O)(=O)c2ccc3c(c2)OCCO3)CC1. The van der Waals surface area contributed by atoms with Crippen LogP contribution < -0.4 is 19.7 Å². The first kappa shape index (κ1) is 22.9. The van der Waals surface area contributed by atoms with Gasteiger partial charge in [-0.25, -0.2) is 12.8 Å². The zero-order valence-electron chi connectivity index (χ0n) is 18.8. The van der Waals surface area contributed by atoms with Crippen LogP contribution in [0.2, 0.25) is 0 Å². The number of nitrogens with one attached hydrogen (secondary N) is 1. The van der Waals surface area contributed by atoms with Gasteiger partial charge in [0.25, 0.3) is 0 Å². The molecule has 34 heavy (non-hydrogen) atoms. The van der Waals surface area contributed by atoms with Crippen molar-refractivity contribution in [2.24, 2.45) is 5.92 Å². The lowest BCUT2D eigenvalue weighted by molar-refractivity contribution is -0.120. The highest BCUT2D eigenvalue weighted by Crippen LogP contribution is 2.34. The van der Waals surface area contributed by atoms with Crippen LogP contribution in [0.4, 0.5) is 15.8 Å². The summed E-state index contributed by atoms with van der Waals surface area (Å²) in [5.41, 5.74) is 0.977. The maximum atomic E-state index is 14.6. The Balaban J connectivity index is 1.19. The first-order chi connectivity index (χ1) is 16.4. The summed E-state index contributed by atoms with van der Waals surface area (Å²) in [5.74, 6) is 0.0489. The number of carbonyl (C=O) groups excluding carboxylic acids is 1. The Morgan fingerprint density at radius 1 is 0.941 bits per heavy atom. The molecule has 2 aromatic rings.